The van der Waals surface area contributed by atoms with E-state index in [1.165, 1.54) is 12.1 Å². The minimum absolute atomic E-state index is 0.152. The predicted octanol–water partition coefficient (Wildman–Crippen LogP) is 1.37. The Morgan fingerprint density at radius 3 is 2.31 bits per heavy atom. The Labute approximate surface area is 91.1 Å². The van der Waals surface area contributed by atoms with Crippen LogP contribution in [0.5, 0.6) is 5.75 Å². The minimum Gasteiger partial charge on any atom is -0.507 e. The second-order valence-electron chi connectivity index (χ2n) is 3.30. The van der Waals surface area contributed by atoms with Crippen molar-refractivity contribution in [2.45, 2.75) is 0 Å². The molecule has 0 aromatic heterocycles. The van der Waals surface area contributed by atoms with Gasteiger partial charge < -0.3 is 10.2 Å². The molecule has 0 spiro atoms. The Morgan fingerprint density at radius 2 is 1.62 bits per heavy atom. The zero-order chi connectivity index (χ0) is 11.7. The molecular formula is C12H8O4. The van der Waals surface area contributed by atoms with Crippen molar-refractivity contribution in [3.05, 3.63) is 47.7 Å². The summed E-state index contributed by atoms with van der Waals surface area (Å²) in [5.74, 6) is -2.00. The fraction of sp³-hybridized carbons (Fsp3) is 0. The van der Waals surface area contributed by atoms with Gasteiger partial charge in [0.1, 0.15) is 11.5 Å². The van der Waals surface area contributed by atoms with E-state index in [-0.39, 0.29) is 22.6 Å². The number of aliphatic hydroxyl groups is 1. The zero-order valence-corrected chi connectivity index (χ0v) is 8.18. The van der Waals surface area contributed by atoms with Gasteiger partial charge in [-0.15, -0.1) is 0 Å². The van der Waals surface area contributed by atoms with Gasteiger partial charge in [-0.2, -0.15) is 0 Å². The number of benzene rings is 1. The number of phenolic OH excluding ortho intramolecular Hbond substituents is 1. The van der Waals surface area contributed by atoms with Crippen LogP contribution in [0.15, 0.2) is 42.2 Å². The normalized spacial score (nSPS) is 15.8. The van der Waals surface area contributed by atoms with Gasteiger partial charge in [0.15, 0.2) is 0 Å². The van der Waals surface area contributed by atoms with Crippen molar-refractivity contribution in [1.82, 2.24) is 0 Å². The number of carbonyl (C=O) groups is 2. The highest BCUT2D eigenvalue weighted by molar-refractivity contribution is 6.58. The van der Waals surface area contributed by atoms with Gasteiger partial charge in [-0.3, -0.25) is 9.59 Å². The Bertz CT molecular complexity index is 538. The van der Waals surface area contributed by atoms with Crippen molar-refractivity contribution in [2.75, 3.05) is 0 Å². The maximum Gasteiger partial charge on any atom is 0.237 e. The second-order valence-corrected chi connectivity index (χ2v) is 3.30. The van der Waals surface area contributed by atoms with Crippen molar-refractivity contribution in [3.63, 3.8) is 0 Å². The van der Waals surface area contributed by atoms with Crippen LogP contribution >= 0.6 is 0 Å². The molecule has 1 aromatic rings. The number of rotatable bonds is 1. The van der Waals surface area contributed by atoms with Crippen LogP contribution in [-0.4, -0.2) is 21.8 Å². The Balaban J connectivity index is 2.64. The van der Waals surface area contributed by atoms with E-state index in [1.54, 1.807) is 12.1 Å². The van der Waals surface area contributed by atoms with Crippen molar-refractivity contribution in [3.8, 4) is 5.75 Å². The molecule has 0 heterocycles. The largest absolute Gasteiger partial charge is 0.507 e. The summed E-state index contributed by atoms with van der Waals surface area (Å²) < 4.78 is 0. The van der Waals surface area contributed by atoms with E-state index in [4.69, 9.17) is 0 Å². The van der Waals surface area contributed by atoms with Gasteiger partial charge >= 0.3 is 0 Å². The number of allylic oxidation sites excluding steroid dienone is 3. The molecule has 2 N–H and O–H groups in total. The monoisotopic (exact) mass is 216 g/mol. The van der Waals surface area contributed by atoms with Gasteiger partial charge in [0, 0.05) is 5.56 Å². The highest BCUT2D eigenvalue weighted by Gasteiger charge is 2.26. The van der Waals surface area contributed by atoms with Crippen LogP contribution < -0.4 is 0 Å². The maximum absolute atomic E-state index is 11.6. The molecule has 0 saturated carbocycles. The average Bonchev–Trinajstić information content (AvgIpc) is 2.27. The predicted molar refractivity (Wildman–Crippen MR) is 56.8 cm³/mol. The second kappa shape index (κ2) is 3.66. The molecule has 2 rings (SSSR count). The van der Waals surface area contributed by atoms with E-state index < -0.39 is 11.6 Å². The number of Topliss-reactive ketones (excluding diaryl/α,β-unsaturated/α-hetero) is 1. The van der Waals surface area contributed by atoms with E-state index in [2.05, 4.69) is 0 Å². The summed E-state index contributed by atoms with van der Waals surface area (Å²) in [6.45, 7) is 0. The summed E-state index contributed by atoms with van der Waals surface area (Å²) in [5.41, 5.74) is -0.00620. The summed E-state index contributed by atoms with van der Waals surface area (Å²) >= 11 is 0. The topological polar surface area (TPSA) is 74.6 Å². The van der Waals surface area contributed by atoms with Crippen molar-refractivity contribution in [1.29, 1.82) is 0 Å². The maximum atomic E-state index is 11.6. The molecule has 4 nitrogen and oxygen atoms in total. The van der Waals surface area contributed by atoms with Crippen LogP contribution in [0.3, 0.4) is 0 Å². The summed E-state index contributed by atoms with van der Waals surface area (Å²) in [6, 6.07) is 6.03. The molecule has 1 aromatic carbocycles. The van der Waals surface area contributed by atoms with Gasteiger partial charge in [-0.1, -0.05) is 18.2 Å². The van der Waals surface area contributed by atoms with E-state index in [0.29, 0.717) is 0 Å². The number of carbonyl (C=O) groups excluding carboxylic acids is 2. The molecule has 0 bridgehead atoms. The fourth-order valence-electron chi connectivity index (χ4n) is 1.50. The molecule has 0 aliphatic heterocycles. The summed E-state index contributed by atoms with van der Waals surface area (Å²) in [4.78, 5) is 22.7. The number of hydrogen-bond acceptors (Lipinski definition) is 4. The molecule has 16 heavy (non-hydrogen) atoms. The van der Waals surface area contributed by atoms with Gasteiger partial charge in [0.05, 0.1) is 5.57 Å². The fourth-order valence-corrected chi connectivity index (χ4v) is 1.50. The molecule has 1 aliphatic carbocycles. The first-order valence-corrected chi connectivity index (χ1v) is 4.59. The van der Waals surface area contributed by atoms with Crippen LogP contribution in [-0.2, 0) is 9.59 Å². The molecular weight excluding hydrogens is 208 g/mol. The molecule has 0 amide bonds. The van der Waals surface area contributed by atoms with Crippen LogP contribution in [0.1, 0.15) is 5.56 Å². The van der Waals surface area contributed by atoms with Crippen molar-refractivity contribution < 1.29 is 19.8 Å². The SMILES string of the molecule is O=C1C=CC(O)=C(c2ccccc2O)C1=O. The molecule has 0 atom stereocenters. The summed E-state index contributed by atoms with van der Waals surface area (Å²) in [6.07, 6.45) is 2.15. The summed E-state index contributed by atoms with van der Waals surface area (Å²) in [5, 5.41) is 19.1. The first-order chi connectivity index (χ1) is 7.61. The first-order valence-electron chi connectivity index (χ1n) is 4.59. The minimum atomic E-state index is -0.818. The molecule has 0 unspecified atom stereocenters. The third kappa shape index (κ3) is 1.50. The van der Waals surface area contributed by atoms with Crippen LogP contribution in [0.4, 0.5) is 0 Å². The Morgan fingerprint density at radius 1 is 0.938 bits per heavy atom. The smallest absolute Gasteiger partial charge is 0.237 e. The van der Waals surface area contributed by atoms with Gasteiger partial charge in [-0.05, 0) is 18.2 Å². The molecule has 0 saturated heterocycles. The number of aliphatic hydroxyl groups excluding tert-OH is 1. The van der Waals surface area contributed by atoms with E-state index in [9.17, 15) is 19.8 Å². The van der Waals surface area contributed by atoms with E-state index in [0.717, 1.165) is 12.2 Å². The average molecular weight is 216 g/mol. The van der Waals surface area contributed by atoms with Gasteiger partial charge in [0.2, 0.25) is 11.6 Å². The highest BCUT2D eigenvalue weighted by atomic mass is 16.3. The lowest BCUT2D eigenvalue weighted by molar-refractivity contribution is -0.130. The number of para-hydroxylation sites is 1. The summed E-state index contributed by atoms with van der Waals surface area (Å²) in [7, 11) is 0. The zero-order valence-electron chi connectivity index (χ0n) is 8.18. The van der Waals surface area contributed by atoms with Crippen LogP contribution in [0.25, 0.3) is 5.57 Å². The Hall–Kier alpha value is -2.36. The van der Waals surface area contributed by atoms with Gasteiger partial charge in [-0.25, -0.2) is 0 Å². The quantitative estimate of drug-likeness (QED) is 0.549. The third-order valence-corrected chi connectivity index (χ3v) is 2.27. The molecule has 4 heteroatoms. The van der Waals surface area contributed by atoms with Crippen LogP contribution in [0, 0.1) is 0 Å². The number of hydrogen-bond donors (Lipinski definition) is 2. The van der Waals surface area contributed by atoms with Gasteiger partial charge in [0.25, 0.3) is 0 Å². The molecule has 1 aliphatic rings. The third-order valence-electron chi connectivity index (χ3n) is 2.27. The van der Waals surface area contributed by atoms with E-state index in [1.807, 2.05) is 0 Å². The highest BCUT2D eigenvalue weighted by Crippen LogP contribution is 2.29. The van der Waals surface area contributed by atoms with E-state index >= 15 is 0 Å². The lowest BCUT2D eigenvalue weighted by Crippen LogP contribution is -2.17. The number of ketones is 2. The number of aromatic hydroxyl groups is 1. The lowest BCUT2D eigenvalue weighted by Gasteiger charge is -2.11. The lowest BCUT2D eigenvalue weighted by atomic mass is 9.93. The number of phenols is 1. The Kier molecular flexibility index (Phi) is 2.32. The van der Waals surface area contributed by atoms with Crippen molar-refractivity contribution >= 4 is 17.1 Å². The molecule has 0 radical (unpaired) electrons. The first kappa shape index (κ1) is 10.2. The molecule has 80 valence electrons. The van der Waals surface area contributed by atoms with Crippen molar-refractivity contribution in [2.24, 2.45) is 0 Å². The molecule has 0 fully saturated rings. The standard InChI is InChI=1S/C12H8O4/c13-8-4-2-1-3-7(8)11-9(14)5-6-10(15)12(11)16/h1-6,13-14H. The van der Waals surface area contributed by atoms with Crippen LogP contribution in [0.2, 0.25) is 0 Å².